The molecule has 1 aromatic rings. The minimum atomic E-state index is -1.01. The standard InChI is InChI=1S/C7H5BrO3/c8-6(7(9)10)4-5-2-1-3-11-5/h1-4H,(H,9,10)/b6-4-. The Morgan fingerprint density at radius 1 is 1.73 bits per heavy atom. The van der Waals surface area contributed by atoms with Crippen LogP contribution in [0.2, 0.25) is 0 Å². The van der Waals surface area contributed by atoms with Crippen LogP contribution in [0, 0.1) is 0 Å². The quantitative estimate of drug-likeness (QED) is 0.771. The maximum atomic E-state index is 10.3. The molecule has 0 spiro atoms. The maximum absolute atomic E-state index is 10.3. The fourth-order valence-electron chi connectivity index (χ4n) is 0.560. The van der Waals surface area contributed by atoms with Crippen molar-refractivity contribution >= 4 is 28.0 Å². The van der Waals surface area contributed by atoms with Gasteiger partial charge in [-0.2, -0.15) is 0 Å². The molecule has 0 aromatic carbocycles. The molecule has 3 nitrogen and oxygen atoms in total. The summed E-state index contributed by atoms with van der Waals surface area (Å²) in [6.07, 6.45) is 2.87. The lowest BCUT2D eigenvalue weighted by Crippen LogP contribution is -1.91. The number of carboxylic acids is 1. The first kappa shape index (κ1) is 8.07. The Kier molecular flexibility index (Phi) is 2.48. The summed E-state index contributed by atoms with van der Waals surface area (Å²) < 4.78 is 4.96. The second kappa shape index (κ2) is 3.39. The lowest BCUT2D eigenvalue weighted by Gasteiger charge is -1.87. The zero-order valence-electron chi connectivity index (χ0n) is 5.45. The van der Waals surface area contributed by atoms with Crippen molar-refractivity contribution in [1.82, 2.24) is 0 Å². The zero-order chi connectivity index (χ0) is 8.27. The first-order valence-electron chi connectivity index (χ1n) is 2.84. The topological polar surface area (TPSA) is 50.4 Å². The highest BCUT2D eigenvalue weighted by Crippen LogP contribution is 2.12. The van der Waals surface area contributed by atoms with Gasteiger partial charge in [-0.3, -0.25) is 0 Å². The van der Waals surface area contributed by atoms with Crippen molar-refractivity contribution < 1.29 is 14.3 Å². The molecule has 0 bridgehead atoms. The fraction of sp³-hybridized carbons (Fsp3) is 0. The predicted octanol–water partition coefficient (Wildman–Crippen LogP) is 2.10. The van der Waals surface area contributed by atoms with Gasteiger partial charge in [0.05, 0.1) is 6.26 Å². The number of carbonyl (C=O) groups is 1. The van der Waals surface area contributed by atoms with Crippen molar-refractivity contribution in [1.29, 1.82) is 0 Å². The summed E-state index contributed by atoms with van der Waals surface area (Å²) in [6.45, 7) is 0. The SMILES string of the molecule is O=C(O)/C(Br)=C/c1ccco1. The van der Waals surface area contributed by atoms with Crippen LogP contribution in [-0.2, 0) is 4.79 Å². The first-order chi connectivity index (χ1) is 5.20. The van der Waals surface area contributed by atoms with E-state index in [0.717, 1.165) is 0 Å². The molecular formula is C7H5BrO3. The van der Waals surface area contributed by atoms with Gasteiger partial charge in [0.1, 0.15) is 10.2 Å². The Bertz CT molecular complexity index is 274. The molecule has 0 aliphatic heterocycles. The lowest BCUT2D eigenvalue weighted by atomic mass is 10.4. The Balaban J connectivity index is 2.82. The van der Waals surface area contributed by atoms with E-state index in [1.54, 1.807) is 12.1 Å². The van der Waals surface area contributed by atoms with E-state index in [1.165, 1.54) is 12.3 Å². The van der Waals surface area contributed by atoms with E-state index in [2.05, 4.69) is 15.9 Å². The van der Waals surface area contributed by atoms with E-state index in [9.17, 15) is 4.79 Å². The second-order valence-corrected chi connectivity index (χ2v) is 2.67. The monoisotopic (exact) mass is 216 g/mol. The van der Waals surface area contributed by atoms with Gasteiger partial charge in [0.15, 0.2) is 0 Å². The third-order valence-corrected chi connectivity index (χ3v) is 1.58. The molecule has 0 aliphatic rings. The molecule has 0 saturated heterocycles. The van der Waals surface area contributed by atoms with E-state index in [1.807, 2.05) is 0 Å². The van der Waals surface area contributed by atoms with Gasteiger partial charge in [-0.25, -0.2) is 4.79 Å². The Hall–Kier alpha value is -1.03. The fourth-order valence-corrected chi connectivity index (χ4v) is 0.786. The van der Waals surface area contributed by atoms with Gasteiger partial charge in [-0.15, -0.1) is 0 Å². The van der Waals surface area contributed by atoms with Crippen molar-refractivity contribution in [3.05, 3.63) is 28.6 Å². The number of furan rings is 1. The van der Waals surface area contributed by atoms with E-state index in [-0.39, 0.29) is 4.48 Å². The van der Waals surface area contributed by atoms with E-state index in [4.69, 9.17) is 9.52 Å². The molecule has 0 aliphatic carbocycles. The molecular weight excluding hydrogens is 212 g/mol. The molecule has 1 heterocycles. The first-order valence-corrected chi connectivity index (χ1v) is 3.63. The Morgan fingerprint density at radius 2 is 2.45 bits per heavy atom. The number of carboxylic acid groups (broad SMARTS) is 1. The summed E-state index contributed by atoms with van der Waals surface area (Å²) in [6, 6.07) is 3.36. The third kappa shape index (κ3) is 2.23. The van der Waals surface area contributed by atoms with Gasteiger partial charge < -0.3 is 9.52 Å². The van der Waals surface area contributed by atoms with Crippen LogP contribution in [0.4, 0.5) is 0 Å². The van der Waals surface area contributed by atoms with Crippen LogP contribution >= 0.6 is 15.9 Å². The van der Waals surface area contributed by atoms with Gasteiger partial charge in [-0.05, 0) is 28.1 Å². The lowest BCUT2D eigenvalue weighted by molar-refractivity contribution is -0.131. The summed E-state index contributed by atoms with van der Waals surface area (Å²) in [7, 11) is 0. The van der Waals surface area contributed by atoms with E-state index in [0.29, 0.717) is 5.76 Å². The normalized spacial score (nSPS) is 11.5. The Morgan fingerprint density at radius 3 is 2.91 bits per heavy atom. The van der Waals surface area contributed by atoms with E-state index >= 15 is 0 Å². The molecule has 0 radical (unpaired) electrons. The molecule has 11 heavy (non-hydrogen) atoms. The van der Waals surface area contributed by atoms with Crippen molar-refractivity contribution in [2.24, 2.45) is 0 Å². The average Bonchev–Trinajstić information content (AvgIpc) is 2.39. The largest absolute Gasteiger partial charge is 0.477 e. The zero-order valence-corrected chi connectivity index (χ0v) is 7.04. The Labute approximate surface area is 71.5 Å². The average molecular weight is 217 g/mol. The molecule has 1 N–H and O–H groups in total. The second-order valence-electron chi connectivity index (χ2n) is 1.81. The number of rotatable bonds is 2. The van der Waals surface area contributed by atoms with Crippen LogP contribution in [0.25, 0.3) is 6.08 Å². The van der Waals surface area contributed by atoms with Crippen LogP contribution in [-0.4, -0.2) is 11.1 Å². The highest BCUT2D eigenvalue weighted by atomic mass is 79.9. The van der Waals surface area contributed by atoms with Crippen LogP contribution in [0.1, 0.15) is 5.76 Å². The van der Waals surface area contributed by atoms with Crippen LogP contribution < -0.4 is 0 Å². The minimum absolute atomic E-state index is 0.0763. The summed E-state index contributed by atoms with van der Waals surface area (Å²) in [5.74, 6) is -0.499. The van der Waals surface area contributed by atoms with E-state index < -0.39 is 5.97 Å². The number of aliphatic carboxylic acids is 1. The molecule has 4 heteroatoms. The van der Waals surface area contributed by atoms with Crippen molar-refractivity contribution in [2.45, 2.75) is 0 Å². The summed E-state index contributed by atoms with van der Waals surface area (Å²) >= 11 is 2.87. The molecule has 0 fully saturated rings. The summed E-state index contributed by atoms with van der Waals surface area (Å²) in [5.41, 5.74) is 0. The van der Waals surface area contributed by atoms with Crippen molar-refractivity contribution in [3.8, 4) is 0 Å². The van der Waals surface area contributed by atoms with Crippen LogP contribution in [0.5, 0.6) is 0 Å². The van der Waals surface area contributed by atoms with Crippen LogP contribution in [0.15, 0.2) is 27.3 Å². The molecule has 58 valence electrons. The molecule has 0 atom stereocenters. The van der Waals surface area contributed by atoms with Gasteiger partial charge >= 0.3 is 5.97 Å². The smallest absolute Gasteiger partial charge is 0.342 e. The molecule has 0 saturated carbocycles. The third-order valence-electron chi connectivity index (χ3n) is 1.02. The highest BCUT2D eigenvalue weighted by Gasteiger charge is 2.02. The molecule has 1 aromatic heterocycles. The number of halogens is 1. The van der Waals surface area contributed by atoms with Gasteiger partial charge in [-0.1, -0.05) is 0 Å². The van der Waals surface area contributed by atoms with Gasteiger partial charge in [0, 0.05) is 6.08 Å². The van der Waals surface area contributed by atoms with Crippen molar-refractivity contribution in [3.63, 3.8) is 0 Å². The van der Waals surface area contributed by atoms with Gasteiger partial charge in [0.2, 0.25) is 0 Å². The summed E-state index contributed by atoms with van der Waals surface area (Å²) in [4.78, 5) is 10.3. The predicted molar refractivity (Wildman–Crippen MR) is 43.2 cm³/mol. The number of hydrogen-bond donors (Lipinski definition) is 1. The highest BCUT2D eigenvalue weighted by molar-refractivity contribution is 9.12. The van der Waals surface area contributed by atoms with Gasteiger partial charge in [0.25, 0.3) is 0 Å². The molecule has 1 rings (SSSR count). The maximum Gasteiger partial charge on any atom is 0.342 e. The molecule has 0 unspecified atom stereocenters. The van der Waals surface area contributed by atoms with Crippen LogP contribution in [0.3, 0.4) is 0 Å². The number of hydrogen-bond acceptors (Lipinski definition) is 2. The van der Waals surface area contributed by atoms with Crippen molar-refractivity contribution in [2.75, 3.05) is 0 Å². The molecule has 0 amide bonds. The summed E-state index contributed by atoms with van der Waals surface area (Å²) in [5, 5.41) is 8.42. The minimum Gasteiger partial charge on any atom is -0.477 e.